The second-order valence-electron chi connectivity index (χ2n) is 3.99. The summed E-state index contributed by atoms with van der Waals surface area (Å²) in [5.41, 5.74) is 6.40. The molecule has 0 aliphatic heterocycles. The van der Waals surface area contributed by atoms with Gasteiger partial charge in [-0.3, -0.25) is 4.79 Å². The first kappa shape index (κ1) is 12.9. The Kier molecular flexibility index (Phi) is 4.39. The normalized spacial score (nSPS) is 10.1. The number of furan rings is 1. The summed E-state index contributed by atoms with van der Waals surface area (Å²) in [6.07, 6.45) is 3.96. The number of anilines is 2. The highest BCUT2D eigenvalue weighted by atomic mass is 16.3. The molecule has 0 unspecified atom stereocenters. The van der Waals surface area contributed by atoms with Crippen molar-refractivity contribution in [2.24, 2.45) is 0 Å². The molecule has 0 radical (unpaired) electrons. The molecule has 0 aliphatic rings. The van der Waals surface area contributed by atoms with Crippen molar-refractivity contribution in [3.05, 3.63) is 42.5 Å². The van der Waals surface area contributed by atoms with Gasteiger partial charge < -0.3 is 20.8 Å². The number of nitrogens with one attached hydrogen (secondary N) is 2. The number of nitrogens with two attached hydrogens (primary N) is 1. The number of carbonyl (C=O) groups is 1. The maximum atomic E-state index is 11.5. The number of pyridine rings is 1. The SMILES string of the molecule is Nc1ccc(NCCCNC(=O)c2ccco2)cn1. The smallest absolute Gasteiger partial charge is 0.286 e. The number of nitrogen functional groups attached to an aromatic ring is 1. The Hall–Kier alpha value is -2.50. The van der Waals surface area contributed by atoms with Crippen molar-refractivity contribution in [2.75, 3.05) is 24.1 Å². The van der Waals surface area contributed by atoms with E-state index in [-0.39, 0.29) is 5.91 Å². The highest BCUT2D eigenvalue weighted by Crippen LogP contribution is 2.06. The fraction of sp³-hybridized carbons (Fsp3) is 0.231. The fourth-order valence-electron chi connectivity index (χ4n) is 1.53. The van der Waals surface area contributed by atoms with Crippen LogP contribution < -0.4 is 16.4 Å². The lowest BCUT2D eigenvalue weighted by atomic mass is 10.3. The molecule has 6 nitrogen and oxygen atoms in total. The second-order valence-corrected chi connectivity index (χ2v) is 3.99. The number of aromatic nitrogens is 1. The first-order chi connectivity index (χ1) is 9.25. The zero-order valence-corrected chi connectivity index (χ0v) is 10.4. The number of nitrogens with zero attached hydrogens (tertiary/aromatic N) is 1. The zero-order valence-electron chi connectivity index (χ0n) is 10.4. The Labute approximate surface area is 111 Å². The van der Waals surface area contributed by atoms with Gasteiger partial charge in [0.25, 0.3) is 5.91 Å². The van der Waals surface area contributed by atoms with Gasteiger partial charge in [0.15, 0.2) is 5.76 Å². The summed E-state index contributed by atoms with van der Waals surface area (Å²) in [5, 5.41) is 5.96. The van der Waals surface area contributed by atoms with Crippen LogP contribution in [-0.2, 0) is 0 Å². The van der Waals surface area contributed by atoms with Gasteiger partial charge in [0, 0.05) is 13.1 Å². The Bertz CT molecular complexity index is 508. The lowest BCUT2D eigenvalue weighted by Crippen LogP contribution is -2.25. The van der Waals surface area contributed by atoms with E-state index in [1.54, 1.807) is 24.4 Å². The quantitative estimate of drug-likeness (QED) is 0.684. The van der Waals surface area contributed by atoms with Gasteiger partial charge in [-0.1, -0.05) is 0 Å². The molecular formula is C13H16N4O2. The van der Waals surface area contributed by atoms with Gasteiger partial charge in [-0.05, 0) is 30.7 Å². The maximum absolute atomic E-state index is 11.5. The van der Waals surface area contributed by atoms with Crippen molar-refractivity contribution in [3.8, 4) is 0 Å². The van der Waals surface area contributed by atoms with Crippen LogP contribution in [0.25, 0.3) is 0 Å². The molecule has 100 valence electrons. The largest absolute Gasteiger partial charge is 0.459 e. The summed E-state index contributed by atoms with van der Waals surface area (Å²) >= 11 is 0. The van der Waals surface area contributed by atoms with E-state index in [4.69, 9.17) is 10.2 Å². The van der Waals surface area contributed by atoms with E-state index < -0.39 is 0 Å². The summed E-state index contributed by atoms with van der Waals surface area (Å²) in [6, 6.07) is 6.92. The van der Waals surface area contributed by atoms with Crippen molar-refractivity contribution in [1.82, 2.24) is 10.3 Å². The van der Waals surface area contributed by atoms with Crippen molar-refractivity contribution in [2.45, 2.75) is 6.42 Å². The van der Waals surface area contributed by atoms with E-state index in [1.807, 2.05) is 6.07 Å². The predicted molar refractivity (Wildman–Crippen MR) is 72.8 cm³/mol. The highest BCUT2D eigenvalue weighted by molar-refractivity contribution is 5.91. The summed E-state index contributed by atoms with van der Waals surface area (Å²) in [7, 11) is 0. The molecule has 0 bridgehead atoms. The van der Waals surface area contributed by atoms with Crippen LogP contribution in [0.4, 0.5) is 11.5 Å². The third-order valence-corrected chi connectivity index (χ3v) is 2.50. The van der Waals surface area contributed by atoms with Gasteiger partial charge in [-0.15, -0.1) is 0 Å². The number of rotatable bonds is 6. The summed E-state index contributed by atoms with van der Waals surface area (Å²) < 4.78 is 4.99. The van der Waals surface area contributed by atoms with Crippen LogP contribution in [0.15, 0.2) is 41.1 Å². The minimum absolute atomic E-state index is 0.195. The number of carbonyl (C=O) groups excluding carboxylic acids is 1. The van der Waals surface area contributed by atoms with E-state index in [2.05, 4.69) is 15.6 Å². The summed E-state index contributed by atoms with van der Waals surface area (Å²) in [6.45, 7) is 1.32. The Morgan fingerprint density at radius 1 is 1.32 bits per heavy atom. The van der Waals surface area contributed by atoms with Crippen LogP contribution in [-0.4, -0.2) is 24.0 Å². The fourth-order valence-corrected chi connectivity index (χ4v) is 1.53. The van der Waals surface area contributed by atoms with E-state index >= 15 is 0 Å². The molecule has 0 atom stereocenters. The lowest BCUT2D eigenvalue weighted by Gasteiger charge is -2.06. The summed E-state index contributed by atoms with van der Waals surface area (Å²) in [4.78, 5) is 15.5. The van der Waals surface area contributed by atoms with Gasteiger partial charge >= 0.3 is 0 Å². The maximum Gasteiger partial charge on any atom is 0.286 e. The van der Waals surface area contributed by atoms with Gasteiger partial charge in [0.05, 0.1) is 18.1 Å². The number of hydrogen-bond acceptors (Lipinski definition) is 5. The molecule has 0 saturated heterocycles. The van der Waals surface area contributed by atoms with Crippen molar-refractivity contribution in [1.29, 1.82) is 0 Å². The highest BCUT2D eigenvalue weighted by Gasteiger charge is 2.06. The van der Waals surface area contributed by atoms with Crippen molar-refractivity contribution < 1.29 is 9.21 Å². The molecule has 0 fully saturated rings. The van der Waals surface area contributed by atoms with Crippen molar-refractivity contribution >= 4 is 17.4 Å². The molecule has 6 heteroatoms. The van der Waals surface area contributed by atoms with Gasteiger partial charge in [-0.25, -0.2) is 4.98 Å². The second kappa shape index (κ2) is 6.44. The lowest BCUT2D eigenvalue weighted by molar-refractivity contribution is 0.0926. The average Bonchev–Trinajstić information content (AvgIpc) is 2.94. The molecule has 0 aliphatic carbocycles. The molecule has 19 heavy (non-hydrogen) atoms. The van der Waals surface area contributed by atoms with E-state index in [0.29, 0.717) is 18.1 Å². The van der Waals surface area contributed by atoms with Crippen LogP contribution in [0, 0.1) is 0 Å². The van der Waals surface area contributed by atoms with Crippen LogP contribution in [0.2, 0.25) is 0 Å². The minimum atomic E-state index is -0.195. The molecule has 2 aromatic heterocycles. The molecule has 0 aromatic carbocycles. The molecule has 4 N–H and O–H groups in total. The van der Waals surface area contributed by atoms with Gasteiger partial charge in [-0.2, -0.15) is 0 Å². The van der Waals surface area contributed by atoms with Gasteiger partial charge in [0.1, 0.15) is 5.82 Å². The Balaban J connectivity index is 1.62. The van der Waals surface area contributed by atoms with Crippen LogP contribution in [0.5, 0.6) is 0 Å². The average molecular weight is 260 g/mol. The molecule has 2 rings (SSSR count). The van der Waals surface area contributed by atoms with Crippen LogP contribution in [0.1, 0.15) is 17.0 Å². The van der Waals surface area contributed by atoms with Gasteiger partial charge in [0.2, 0.25) is 0 Å². The third kappa shape index (κ3) is 4.02. The molecule has 0 saturated carbocycles. The van der Waals surface area contributed by atoms with Crippen molar-refractivity contribution in [3.63, 3.8) is 0 Å². The minimum Gasteiger partial charge on any atom is -0.459 e. The third-order valence-electron chi connectivity index (χ3n) is 2.50. The Morgan fingerprint density at radius 2 is 2.21 bits per heavy atom. The van der Waals surface area contributed by atoms with E-state index in [1.165, 1.54) is 6.26 Å². The standard InChI is InChI=1S/C13H16N4O2/c14-12-5-4-10(9-17-12)15-6-2-7-16-13(18)11-3-1-8-19-11/h1,3-5,8-9,15H,2,6-7H2,(H2,14,17)(H,16,18). The summed E-state index contributed by atoms with van der Waals surface area (Å²) in [5.74, 6) is 0.631. The van der Waals surface area contributed by atoms with Crippen LogP contribution >= 0.6 is 0 Å². The first-order valence-corrected chi connectivity index (χ1v) is 6.03. The number of hydrogen-bond donors (Lipinski definition) is 3. The molecule has 0 spiro atoms. The Morgan fingerprint density at radius 3 is 2.89 bits per heavy atom. The molecule has 2 heterocycles. The number of amides is 1. The van der Waals surface area contributed by atoms with E-state index in [9.17, 15) is 4.79 Å². The topological polar surface area (TPSA) is 93.2 Å². The predicted octanol–water partition coefficient (Wildman–Crippen LogP) is 1.49. The zero-order chi connectivity index (χ0) is 13.5. The van der Waals surface area contributed by atoms with E-state index in [0.717, 1.165) is 18.7 Å². The molecule has 1 amide bonds. The monoisotopic (exact) mass is 260 g/mol. The van der Waals surface area contributed by atoms with Crippen LogP contribution in [0.3, 0.4) is 0 Å². The molecular weight excluding hydrogens is 244 g/mol. The molecule has 2 aromatic rings. The first-order valence-electron chi connectivity index (χ1n) is 6.03.